The Kier molecular flexibility index (Phi) is 6.59. The number of nitrogens with one attached hydrogen (secondary N) is 1. The van der Waals surface area contributed by atoms with E-state index in [1.54, 1.807) is 23.5 Å². The van der Waals surface area contributed by atoms with E-state index < -0.39 is 10.0 Å². The molecule has 0 unspecified atom stereocenters. The first-order chi connectivity index (χ1) is 13.8. The normalized spacial score (nSPS) is 20.2. The second-order valence-corrected chi connectivity index (χ2v) is 9.76. The highest BCUT2D eigenvalue weighted by Crippen LogP contribution is 2.26. The van der Waals surface area contributed by atoms with Crippen LogP contribution < -0.4 is 10.1 Å². The van der Waals surface area contributed by atoms with Crippen molar-refractivity contribution in [2.75, 3.05) is 20.2 Å². The first-order valence-corrected chi connectivity index (χ1v) is 11.2. The molecule has 7 heteroatoms. The lowest BCUT2D eigenvalue weighted by Crippen LogP contribution is -2.42. The third-order valence-electron chi connectivity index (χ3n) is 5.18. The number of carbonyl (C=O) groups excluding carboxylic acids is 1. The number of carbonyl (C=O) groups is 1. The molecule has 0 aromatic heterocycles. The van der Waals surface area contributed by atoms with Crippen LogP contribution in [0.4, 0.5) is 0 Å². The smallest absolute Gasteiger partial charge is 0.251 e. The Balaban J connectivity index is 1.66. The number of ether oxygens (including phenoxy) is 1. The predicted octanol–water partition coefficient (Wildman–Crippen LogP) is 3.29. The van der Waals surface area contributed by atoms with Crippen molar-refractivity contribution < 1.29 is 17.9 Å². The maximum Gasteiger partial charge on any atom is 0.251 e. The average molecular weight is 417 g/mol. The van der Waals surface area contributed by atoms with Crippen LogP contribution in [-0.2, 0) is 16.6 Å². The molecule has 0 aliphatic carbocycles. The molecule has 1 N–H and O–H groups in total. The third-order valence-corrected chi connectivity index (χ3v) is 7.02. The van der Waals surface area contributed by atoms with Gasteiger partial charge in [-0.1, -0.05) is 26.0 Å². The third kappa shape index (κ3) is 5.16. The minimum atomic E-state index is -3.55. The van der Waals surface area contributed by atoms with Gasteiger partial charge < -0.3 is 10.1 Å². The minimum Gasteiger partial charge on any atom is -0.497 e. The molecule has 1 amide bonds. The molecule has 2 aromatic rings. The Labute approximate surface area is 172 Å². The van der Waals surface area contributed by atoms with Gasteiger partial charge in [-0.3, -0.25) is 4.79 Å². The van der Waals surface area contributed by atoms with Crippen LogP contribution in [0.25, 0.3) is 0 Å². The fraction of sp³-hybridized carbons (Fsp3) is 0.409. The molecule has 6 nitrogen and oxygen atoms in total. The summed E-state index contributed by atoms with van der Waals surface area (Å²) in [7, 11) is -1.95. The maximum atomic E-state index is 12.9. The van der Waals surface area contributed by atoms with E-state index in [-0.39, 0.29) is 10.8 Å². The van der Waals surface area contributed by atoms with Gasteiger partial charge in [0.1, 0.15) is 5.75 Å². The minimum absolute atomic E-state index is 0.225. The van der Waals surface area contributed by atoms with Crippen LogP contribution in [0, 0.1) is 11.8 Å². The molecule has 1 aliphatic heterocycles. The van der Waals surface area contributed by atoms with Gasteiger partial charge in [0.2, 0.25) is 10.0 Å². The van der Waals surface area contributed by atoms with Gasteiger partial charge in [0, 0.05) is 25.2 Å². The largest absolute Gasteiger partial charge is 0.497 e. The van der Waals surface area contributed by atoms with Gasteiger partial charge in [-0.25, -0.2) is 8.42 Å². The second kappa shape index (κ2) is 8.97. The van der Waals surface area contributed by atoms with Gasteiger partial charge in [-0.15, -0.1) is 0 Å². The fourth-order valence-corrected chi connectivity index (χ4v) is 5.48. The van der Waals surface area contributed by atoms with Crippen molar-refractivity contribution in [2.45, 2.75) is 31.7 Å². The van der Waals surface area contributed by atoms with E-state index in [1.165, 1.54) is 12.1 Å². The number of nitrogens with zero attached hydrogens (tertiary/aromatic N) is 1. The summed E-state index contributed by atoms with van der Waals surface area (Å²) in [5.41, 5.74) is 1.34. The summed E-state index contributed by atoms with van der Waals surface area (Å²) < 4.78 is 32.6. The van der Waals surface area contributed by atoms with Crippen molar-refractivity contribution in [3.8, 4) is 5.75 Å². The molecular formula is C22H28N2O4S. The van der Waals surface area contributed by atoms with Gasteiger partial charge >= 0.3 is 0 Å². The summed E-state index contributed by atoms with van der Waals surface area (Å²) in [5.74, 6) is 1.16. The van der Waals surface area contributed by atoms with Gasteiger partial charge in [0.15, 0.2) is 0 Å². The highest BCUT2D eigenvalue weighted by Gasteiger charge is 2.31. The zero-order valence-corrected chi connectivity index (χ0v) is 17.9. The number of piperidine rings is 1. The lowest BCUT2D eigenvalue weighted by molar-refractivity contribution is 0.0950. The summed E-state index contributed by atoms with van der Waals surface area (Å²) in [5, 5.41) is 2.85. The Morgan fingerprint density at radius 1 is 1.10 bits per heavy atom. The molecule has 1 saturated heterocycles. The van der Waals surface area contributed by atoms with Crippen LogP contribution in [0.15, 0.2) is 53.4 Å². The molecule has 156 valence electrons. The molecule has 29 heavy (non-hydrogen) atoms. The van der Waals surface area contributed by atoms with Gasteiger partial charge in [0.05, 0.1) is 12.0 Å². The number of rotatable bonds is 6. The molecular weight excluding hydrogens is 388 g/mol. The SMILES string of the molecule is COc1cccc(CNC(=O)c2ccc(S(=O)(=O)N3C[C@@H](C)C[C@H](C)C3)cc2)c1. The summed E-state index contributed by atoms with van der Waals surface area (Å²) in [6.45, 7) is 5.59. The zero-order valence-electron chi connectivity index (χ0n) is 17.1. The highest BCUT2D eigenvalue weighted by atomic mass is 32.2. The molecule has 0 radical (unpaired) electrons. The van der Waals surface area contributed by atoms with E-state index in [0.717, 1.165) is 17.7 Å². The van der Waals surface area contributed by atoms with Crippen LogP contribution in [0.3, 0.4) is 0 Å². The molecule has 1 heterocycles. The molecule has 0 bridgehead atoms. The highest BCUT2D eigenvalue weighted by molar-refractivity contribution is 7.89. The lowest BCUT2D eigenvalue weighted by atomic mass is 9.94. The Hall–Kier alpha value is -2.38. The van der Waals surface area contributed by atoms with E-state index in [9.17, 15) is 13.2 Å². The Morgan fingerprint density at radius 3 is 2.38 bits per heavy atom. The van der Waals surface area contributed by atoms with E-state index in [4.69, 9.17) is 4.74 Å². The number of methoxy groups -OCH3 is 1. The van der Waals surface area contributed by atoms with Crippen LogP contribution in [0.2, 0.25) is 0 Å². The molecule has 1 fully saturated rings. The van der Waals surface area contributed by atoms with E-state index in [1.807, 2.05) is 24.3 Å². The number of amides is 1. The lowest BCUT2D eigenvalue weighted by Gasteiger charge is -2.34. The summed E-state index contributed by atoms with van der Waals surface area (Å²) in [6, 6.07) is 13.6. The van der Waals surface area contributed by atoms with Crippen LogP contribution >= 0.6 is 0 Å². The maximum absolute atomic E-state index is 12.9. The standard InChI is InChI=1S/C22H28N2O4S/c1-16-11-17(2)15-24(14-16)29(26,27)21-9-7-19(8-10-21)22(25)23-13-18-5-4-6-20(12-18)28-3/h4-10,12,16-17H,11,13-15H2,1-3H3,(H,23,25)/t16-,17-/m0/s1. The fourth-order valence-electron chi connectivity index (χ4n) is 3.80. The number of hydrogen-bond donors (Lipinski definition) is 1. The van der Waals surface area contributed by atoms with Crippen LogP contribution in [0.5, 0.6) is 5.75 Å². The predicted molar refractivity (Wildman–Crippen MR) is 112 cm³/mol. The monoisotopic (exact) mass is 416 g/mol. The molecule has 2 aromatic carbocycles. The van der Waals surface area contributed by atoms with E-state index in [2.05, 4.69) is 19.2 Å². The van der Waals surface area contributed by atoms with Gasteiger partial charge in [0.25, 0.3) is 5.91 Å². The van der Waals surface area contributed by atoms with Crippen LogP contribution in [-0.4, -0.2) is 38.8 Å². The van der Waals surface area contributed by atoms with Crippen molar-refractivity contribution in [3.63, 3.8) is 0 Å². The van der Waals surface area contributed by atoms with Crippen molar-refractivity contribution >= 4 is 15.9 Å². The first kappa shape index (κ1) is 21.3. The zero-order chi connectivity index (χ0) is 21.0. The van der Waals surface area contributed by atoms with Crippen molar-refractivity contribution in [2.24, 2.45) is 11.8 Å². The van der Waals surface area contributed by atoms with E-state index >= 15 is 0 Å². The van der Waals surface area contributed by atoms with Crippen LogP contribution in [0.1, 0.15) is 36.2 Å². The first-order valence-electron chi connectivity index (χ1n) is 9.81. The van der Waals surface area contributed by atoms with E-state index in [0.29, 0.717) is 37.0 Å². The number of benzene rings is 2. The topological polar surface area (TPSA) is 75.7 Å². The molecule has 0 spiro atoms. The number of sulfonamides is 1. The Morgan fingerprint density at radius 2 is 1.76 bits per heavy atom. The summed E-state index contributed by atoms with van der Waals surface area (Å²) >= 11 is 0. The molecule has 1 aliphatic rings. The molecule has 3 rings (SSSR count). The second-order valence-electron chi connectivity index (χ2n) is 7.83. The van der Waals surface area contributed by atoms with Gasteiger partial charge in [-0.05, 0) is 60.2 Å². The Bertz CT molecular complexity index is 947. The molecule has 0 saturated carbocycles. The average Bonchev–Trinajstić information content (AvgIpc) is 2.71. The number of hydrogen-bond acceptors (Lipinski definition) is 4. The van der Waals surface area contributed by atoms with Gasteiger partial charge in [-0.2, -0.15) is 4.31 Å². The van der Waals surface area contributed by atoms with Crippen molar-refractivity contribution in [1.82, 2.24) is 9.62 Å². The summed E-state index contributed by atoms with van der Waals surface area (Å²) in [4.78, 5) is 12.6. The quantitative estimate of drug-likeness (QED) is 0.784. The molecule has 2 atom stereocenters. The van der Waals surface area contributed by atoms with Crippen molar-refractivity contribution in [3.05, 3.63) is 59.7 Å². The van der Waals surface area contributed by atoms with Crippen molar-refractivity contribution in [1.29, 1.82) is 0 Å². The summed E-state index contributed by atoms with van der Waals surface area (Å²) in [6.07, 6.45) is 1.04.